The van der Waals surface area contributed by atoms with Gasteiger partial charge in [0.2, 0.25) is 10.0 Å². The average molecular weight is 322 g/mol. The molecule has 0 saturated carbocycles. The summed E-state index contributed by atoms with van der Waals surface area (Å²) in [6.07, 6.45) is 1.36. The number of sulfonamides is 1. The summed E-state index contributed by atoms with van der Waals surface area (Å²) in [5, 5.41) is 0. The van der Waals surface area contributed by atoms with Gasteiger partial charge in [-0.2, -0.15) is 4.31 Å². The van der Waals surface area contributed by atoms with Crippen molar-refractivity contribution in [3.63, 3.8) is 0 Å². The highest BCUT2D eigenvalue weighted by Crippen LogP contribution is 2.26. The lowest BCUT2D eigenvalue weighted by Gasteiger charge is -2.30. The minimum atomic E-state index is -3.71. The Morgan fingerprint density at radius 2 is 2.05 bits per heavy atom. The number of methoxy groups -OCH3 is 1. The molecule has 4 nitrogen and oxygen atoms in total. The van der Waals surface area contributed by atoms with Gasteiger partial charge >= 0.3 is 0 Å². The molecule has 1 saturated heterocycles. The number of ether oxygens (including phenoxy) is 1. The highest BCUT2D eigenvalue weighted by atomic mass is 35.5. The molecular formula is C13H17ClFNO3S. The maximum Gasteiger partial charge on any atom is 0.243 e. The quantitative estimate of drug-likeness (QED) is 0.800. The monoisotopic (exact) mass is 321 g/mol. The normalized spacial score (nSPS) is 18.4. The van der Waals surface area contributed by atoms with Crippen LogP contribution in [0.1, 0.15) is 18.4 Å². The van der Waals surface area contributed by atoms with E-state index >= 15 is 0 Å². The van der Waals surface area contributed by atoms with Crippen LogP contribution in [-0.2, 0) is 20.6 Å². The van der Waals surface area contributed by atoms with Gasteiger partial charge in [0, 0.05) is 26.1 Å². The van der Waals surface area contributed by atoms with Crippen molar-refractivity contribution in [3.8, 4) is 0 Å². The molecule has 0 spiro atoms. The Balaban J connectivity index is 2.29. The lowest BCUT2D eigenvalue weighted by atomic mass is 10.1. The van der Waals surface area contributed by atoms with Crippen LogP contribution in [0.4, 0.5) is 4.39 Å². The Bertz CT molecular complexity index is 571. The second-order valence-corrected chi connectivity index (χ2v) is 6.90. The van der Waals surface area contributed by atoms with Gasteiger partial charge in [0.1, 0.15) is 5.82 Å². The second kappa shape index (κ2) is 6.39. The van der Waals surface area contributed by atoms with Crippen LogP contribution in [0.2, 0.25) is 0 Å². The fourth-order valence-corrected chi connectivity index (χ4v) is 4.34. The smallest absolute Gasteiger partial charge is 0.243 e. The van der Waals surface area contributed by atoms with Gasteiger partial charge in [0.25, 0.3) is 0 Å². The summed E-state index contributed by atoms with van der Waals surface area (Å²) in [5.74, 6) is -0.548. The minimum absolute atomic E-state index is 0.0311. The highest BCUT2D eigenvalue weighted by Gasteiger charge is 2.31. The molecule has 1 aromatic carbocycles. The third kappa shape index (κ3) is 3.14. The summed E-state index contributed by atoms with van der Waals surface area (Å²) < 4.78 is 45.1. The van der Waals surface area contributed by atoms with E-state index in [1.54, 1.807) is 7.11 Å². The van der Waals surface area contributed by atoms with Gasteiger partial charge < -0.3 is 4.74 Å². The Hall–Kier alpha value is -0.690. The second-order valence-electron chi connectivity index (χ2n) is 4.72. The van der Waals surface area contributed by atoms with Crippen LogP contribution in [0.15, 0.2) is 23.1 Å². The molecule has 1 aromatic rings. The average Bonchev–Trinajstić information content (AvgIpc) is 2.47. The Morgan fingerprint density at radius 3 is 2.60 bits per heavy atom. The van der Waals surface area contributed by atoms with Crippen molar-refractivity contribution in [2.24, 2.45) is 0 Å². The molecule has 0 N–H and O–H groups in total. The van der Waals surface area contributed by atoms with E-state index in [1.165, 1.54) is 16.4 Å². The molecule has 1 heterocycles. The first-order valence-corrected chi connectivity index (χ1v) is 8.34. The zero-order valence-electron chi connectivity index (χ0n) is 11.2. The molecule has 7 heteroatoms. The van der Waals surface area contributed by atoms with Gasteiger partial charge in [-0.05, 0) is 30.5 Å². The SMILES string of the molecule is COC1CCN(S(=O)(=O)c2cc(F)ccc2CCl)CC1. The van der Waals surface area contributed by atoms with Crippen molar-refractivity contribution >= 4 is 21.6 Å². The summed E-state index contributed by atoms with van der Waals surface area (Å²) in [4.78, 5) is -0.0385. The standard InChI is InChI=1S/C13H17ClFNO3S/c1-19-12-4-6-16(7-5-12)20(17,18)13-8-11(15)3-2-10(13)9-14/h2-3,8,12H,4-7,9H2,1H3. The number of hydrogen-bond donors (Lipinski definition) is 0. The first kappa shape index (κ1) is 15.7. The summed E-state index contributed by atoms with van der Waals surface area (Å²) in [6, 6.07) is 3.67. The molecule has 1 aliphatic rings. The van der Waals surface area contributed by atoms with Crippen molar-refractivity contribution in [2.75, 3.05) is 20.2 Å². The van der Waals surface area contributed by atoms with Crippen LogP contribution in [0.5, 0.6) is 0 Å². The number of halogens is 2. The Kier molecular flexibility index (Phi) is 5.01. The van der Waals surface area contributed by atoms with Crippen LogP contribution in [-0.4, -0.2) is 39.0 Å². The van der Waals surface area contributed by atoms with Gasteiger partial charge in [0.15, 0.2) is 0 Å². The van der Waals surface area contributed by atoms with E-state index in [1.807, 2.05) is 0 Å². The predicted molar refractivity (Wildman–Crippen MR) is 74.7 cm³/mol. The van der Waals surface area contributed by atoms with Crippen LogP contribution in [0.25, 0.3) is 0 Å². The van der Waals surface area contributed by atoms with Crippen LogP contribution >= 0.6 is 11.6 Å². The first-order chi connectivity index (χ1) is 9.48. The predicted octanol–water partition coefficient (Wildman–Crippen LogP) is 2.36. The third-order valence-electron chi connectivity index (χ3n) is 3.53. The maximum absolute atomic E-state index is 13.4. The molecule has 0 bridgehead atoms. The molecule has 2 rings (SSSR count). The van der Waals surface area contributed by atoms with Gasteiger partial charge in [-0.15, -0.1) is 11.6 Å². The molecule has 0 radical (unpaired) electrons. The molecule has 0 aromatic heterocycles. The van der Waals surface area contributed by atoms with E-state index in [9.17, 15) is 12.8 Å². The van der Waals surface area contributed by atoms with E-state index in [0.717, 1.165) is 6.07 Å². The van der Waals surface area contributed by atoms with E-state index in [0.29, 0.717) is 31.5 Å². The van der Waals surface area contributed by atoms with Gasteiger partial charge in [-0.1, -0.05) is 6.07 Å². The first-order valence-electron chi connectivity index (χ1n) is 6.36. The lowest BCUT2D eigenvalue weighted by Crippen LogP contribution is -2.40. The van der Waals surface area contributed by atoms with E-state index in [2.05, 4.69) is 0 Å². The molecule has 0 unspecified atom stereocenters. The zero-order valence-corrected chi connectivity index (χ0v) is 12.8. The number of alkyl halides is 1. The van der Waals surface area contributed by atoms with Crippen LogP contribution < -0.4 is 0 Å². The van der Waals surface area contributed by atoms with E-state index in [4.69, 9.17) is 16.3 Å². The van der Waals surface area contributed by atoms with Crippen LogP contribution in [0, 0.1) is 5.82 Å². The van der Waals surface area contributed by atoms with E-state index < -0.39 is 15.8 Å². The third-order valence-corrected chi connectivity index (χ3v) is 5.79. The van der Waals surface area contributed by atoms with Crippen molar-refractivity contribution < 1.29 is 17.5 Å². The lowest BCUT2D eigenvalue weighted by molar-refractivity contribution is 0.0604. The Morgan fingerprint density at radius 1 is 1.40 bits per heavy atom. The molecule has 0 amide bonds. The molecule has 20 heavy (non-hydrogen) atoms. The molecule has 1 aliphatic heterocycles. The summed E-state index contributed by atoms with van der Waals surface area (Å²) in [7, 11) is -2.09. The van der Waals surface area contributed by atoms with Crippen molar-refractivity contribution in [1.82, 2.24) is 4.31 Å². The van der Waals surface area contributed by atoms with Gasteiger partial charge in [-0.25, -0.2) is 12.8 Å². The molecule has 112 valence electrons. The number of piperidine rings is 1. The number of nitrogens with zero attached hydrogens (tertiary/aromatic N) is 1. The maximum atomic E-state index is 13.4. The highest BCUT2D eigenvalue weighted by molar-refractivity contribution is 7.89. The number of benzene rings is 1. The zero-order chi connectivity index (χ0) is 14.8. The van der Waals surface area contributed by atoms with Crippen molar-refractivity contribution in [2.45, 2.75) is 29.7 Å². The summed E-state index contributed by atoms with van der Waals surface area (Å²) in [5.41, 5.74) is 0.418. The molecule has 1 fully saturated rings. The molecule has 0 atom stereocenters. The molecule has 0 aliphatic carbocycles. The van der Waals surface area contributed by atoms with Crippen molar-refractivity contribution in [3.05, 3.63) is 29.6 Å². The van der Waals surface area contributed by atoms with Gasteiger partial charge in [-0.3, -0.25) is 0 Å². The number of rotatable bonds is 4. The fourth-order valence-electron chi connectivity index (χ4n) is 2.33. The number of hydrogen-bond acceptors (Lipinski definition) is 3. The minimum Gasteiger partial charge on any atom is -0.381 e. The summed E-state index contributed by atoms with van der Waals surface area (Å²) >= 11 is 5.75. The molecular weight excluding hydrogens is 305 g/mol. The van der Waals surface area contributed by atoms with Crippen molar-refractivity contribution in [1.29, 1.82) is 0 Å². The fraction of sp³-hybridized carbons (Fsp3) is 0.538. The topological polar surface area (TPSA) is 46.6 Å². The Labute approximate surface area is 123 Å². The summed E-state index contributed by atoms with van der Waals surface area (Å²) in [6.45, 7) is 0.748. The van der Waals surface area contributed by atoms with Crippen LogP contribution in [0.3, 0.4) is 0 Å². The van der Waals surface area contributed by atoms with E-state index in [-0.39, 0.29) is 16.9 Å². The van der Waals surface area contributed by atoms with Gasteiger partial charge in [0.05, 0.1) is 11.0 Å². The largest absolute Gasteiger partial charge is 0.381 e.